The fourth-order valence-electron chi connectivity index (χ4n) is 6.87. The van der Waals surface area contributed by atoms with Crippen LogP contribution in [0.25, 0.3) is 10.8 Å². The highest BCUT2D eigenvalue weighted by atomic mass is 16.6. The first-order valence-electron chi connectivity index (χ1n) is 13.5. The van der Waals surface area contributed by atoms with Gasteiger partial charge in [-0.3, -0.25) is 14.4 Å². The van der Waals surface area contributed by atoms with Gasteiger partial charge in [-0.1, -0.05) is 36.4 Å². The van der Waals surface area contributed by atoms with Gasteiger partial charge in [-0.15, -0.1) is 6.58 Å². The predicted octanol–water partition coefficient (Wildman–Crippen LogP) is 3.46. The summed E-state index contributed by atoms with van der Waals surface area (Å²) in [5, 5.41) is 11.4. The zero-order valence-corrected chi connectivity index (χ0v) is 22.1. The molecular formula is C30H36N2O6. The maximum absolute atomic E-state index is 14.5. The van der Waals surface area contributed by atoms with Crippen LogP contribution in [0.3, 0.4) is 0 Å². The maximum Gasteiger partial charge on any atom is 0.312 e. The van der Waals surface area contributed by atoms with Crippen molar-refractivity contribution in [2.75, 3.05) is 31.2 Å². The molecule has 0 radical (unpaired) electrons. The van der Waals surface area contributed by atoms with Crippen molar-refractivity contribution in [1.29, 1.82) is 0 Å². The summed E-state index contributed by atoms with van der Waals surface area (Å²) in [6.07, 6.45) is 3.77. The quantitative estimate of drug-likeness (QED) is 0.293. The number of aliphatic hydroxyl groups is 1. The van der Waals surface area contributed by atoms with E-state index in [0.29, 0.717) is 37.9 Å². The van der Waals surface area contributed by atoms with Gasteiger partial charge in [0, 0.05) is 25.4 Å². The molecule has 0 saturated carbocycles. The first-order valence-corrected chi connectivity index (χ1v) is 13.5. The van der Waals surface area contributed by atoms with Crippen molar-refractivity contribution < 1.29 is 29.0 Å². The second-order valence-electron chi connectivity index (χ2n) is 10.7. The third kappa shape index (κ3) is 4.01. The molecule has 2 aromatic carbocycles. The van der Waals surface area contributed by atoms with Crippen LogP contribution in [0.4, 0.5) is 5.69 Å². The molecule has 2 unspecified atom stereocenters. The monoisotopic (exact) mass is 520 g/mol. The number of benzene rings is 2. The molecule has 3 saturated heterocycles. The van der Waals surface area contributed by atoms with E-state index in [9.17, 15) is 19.5 Å². The molecule has 8 heteroatoms. The molecular weight excluding hydrogens is 484 g/mol. The predicted molar refractivity (Wildman–Crippen MR) is 143 cm³/mol. The van der Waals surface area contributed by atoms with Gasteiger partial charge in [0.05, 0.1) is 18.1 Å². The van der Waals surface area contributed by atoms with E-state index in [0.717, 1.165) is 10.8 Å². The Morgan fingerprint density at radius 1 is 1.21 bits per heavy atom. The number of anilines is 1. The Labute approximate surface area is 223 Å². The van der Waals surface area contributed by atoms with E-state index >= 15 is 0 Å². The standard InChI is InChI=1S/C30H36N2O6/c1-4-16-31(22-13-12-20-10-6-7-11-21(20)19-22)27(35)25-30-15-14-29(3,38-30)24(28(36)37-5-2)23(30)26(34)32(25)17-8-9-18-33/h4,6-7,10-13,19,23-25,33H,1,5,8-9,14-18H2,2-3H3/t23-,24+,25?,29-,30?/m0/s1. The summed E-state index contributed by atoms with van der Waals surface area (Å²) in [5.74, 6) is -2.51. The van der Waals surface area contributed by atoms with Crippen molar-refractivity contribution >= 4 is 34.2 Å². The topological polar surface area (TPSA) is 96.4 Å². The number of hydrogen-bond acceptors (Lipinski definition) is 6. The van der Waals surface area contributed by atoms with Gasteiger partial charge in [0.2, 0.25) is 5.91 Å². The molecule has 1 N–H and O–H groups in total. The first kappa shape index (κ1) is 26.4. The van der Waals surface area contributed by atoms with E-state index in [2.05, 4.69) is 6.58 Å². The SMILES string of the molecule is C=CCN(C(=O)C1N(CCCCO)C(=O)[C@@H]2[C@H](C(=O)OCC)[C@]3(C)CCC12O3)c1ccc2ccccc2c1. The number of amides is 2. The largest absolute Gasteiger partial charge is 0.466 e. The lowest BCUT2D eigenvalue weighted by Gasteiger charge is -2.37. The van der Waals surface area contributed by atoms with Crippen LogP contribution in [-0.4, -0.2) is 71.3 Å². The number of likely N-dealkylation sites (tertiary alicyclic amines) is 1. The van der Waals surface area contributed by atoms with Crippen LogP contribution in [0.1, 0.15) is 39.5 Å². The van der Waals surface area contributed by atoms with Crippen molar-refractivity contribution in [2.45, 2.75) is 56.8 Å². The van der Waals surface area contributed by atoms with Crippen LogP contribution in [-0.2, 0) is 23.9 Å². The molecule has 202 valence electrons. The molecule has 3 fully saturated rings. The van der Waals surface area contributed by atoms with Crippen molar-refractivity contribution in [3.63, 3.8) is 0 Å². The van der Waals surface area contributed by atoms with Crippen LogP contribution in [0.15, 0.2) is 55.1 Å². The highest BCUT2D eigenvalue weighted by Gasteiger charge is 2.78. The molecule has 3 aliphatic rings. The van der Waals surface area contributed by atoms with Crippen molar-refractivity contribution in [3.05, 3.63) is 55.1 Å². The number of esters is 1. The highest BCUT2D eigenvalue weighted by Crippen LogP contribution is 2.63. The first-order chi connectivity index (χ1) is 18.3. The van der Waals surface area contributed by atoms with E-state index in [1.54, 1.807) is 22.8 Å². The van der Waals surface area contributed by atoms with Gasteiger partial charge in [-0.2, -0.15) is 0 Å². The second-order valence-corrected chi connectivity index (χ2v) is 10.7. The fraction of sp³-hybridized carbons (Fsp3) is 0.500. The summed E-state index contributed by atoms with van der Waals surface area (Å²) < 4.78 is 12.0. The highest BCUT2D eigenvalue weighted by molar-refractivity contribution is 6.05. The molecule has 2 amide bonds. The molecule has 38 heavy (non-hydrogen) atoms. The summed E-state index contributed by atoms with van der Waals surface area (Å²) >= 11 is 0. The number of ether oxygens (including phenoxy) is 2. The molecule has 8 nitrogen and oxygen atoms in total. The molecule has 5 atom stereocenters. The average Bonchev–Trinajstić information content (AvgIpc) is 3.47. The number of aliphatic hydroxyl groups excluding tert-OH is 1. The van der Waals surface area contributed by atoms with Gasteiger partial charge < -0.3 is 24.4 Å². The second kappa shape index (κ2) is 10.2. The molecule has 2 bridgehead atoms. The Bertz CT molecular complexity index is 1260. The summed E-state index contributed by atoms with van der Waals surface area (Å²) in [6, 6.07) is 12.9. The number of carbonyl (C=O) groups is 3. The van der Waals surface area contributed by atoms with Gasteiger partial charge in [0.25, 0.3) is 5.91 Å². The Hall–Kier alpha value is -3.23. The van der Waals surface area contributed by atoms with Crippen LogP contribution >= 0.6 is 0 Å². The van der Waals surface area contributed by atoms with Gasteiger partial charge in [-0.05, 0) is 62.4 Å². The number of carbonyl (C=O) groups excluding carboxylic acids is 3. The van der Waals surface area contributed by atoms with Crippen molar-refractivity contribution in [3.8, 4) is 0 Å². The fourth-order valence-corrected chi connectivity index (χ4v) is 6.87. The van der Waals surface area contributed by atoms with E-state index < -0.39 is 35.0 Å². The molecule has 1 spiro atoms. The van der Waals surface area contributed by atoms with E-state index in [-0.39, 0.29) is 31.6 Å². The van der Waals surface area contributed by atoms with Crippen molar-refractivity contribution in [2.24, 2.45) is 11.8 Å². The Balaban J connectivity index is 1.58. The zero-order chi connectivity index (χ0) is 27.1. The number of hydrogen-bond donors (Lipinski definition) is 1. The molecule has 0 aromatic heterocycles. The summed E-state index contributed by atoms with van der Waals surface area (Å²) in [4.78, 5) is 44.9. The third-order valence-corrected chi connectivity index (χ3v) is 8.48. The molecule has 0 aliphatic carbocycles. The van der Waals surface area contributed by atoms with Crippen molar-refractivity contribution in [1.82, 2.24) is 4.90 Å². The minimum Gasteiger partial charge on any atom is -0.466 e. The lowest BCUT2D eigenvalue weighted by atomic mass is 9.66. The smallest absolute Gasteiger partial charge is 0.312 e. The van der Waals surface area contributed by atoms with Crippen LogP contribution in [0.5, 0.6) is 0 Å². The van der Waals surface area contributed by atoms with E-state index in [4.69, 9.17) is 9.47 Å². The number of nitrogens with zero attached hydrogens (tertiary/aromatic N) is 2. The molecule has 5 rings (SSSR count). The van der Waals surface area contributed by atoms with E-state index in [1.165, 1.54) is 0 Å². The van der Waals surface area contributed by atoms with Crippen LogP contribution in [0, 0.1) is 11.8 Å². The minimum atomic E-state index is -1.12. The summed E-state index contributed by atoms with van der Waals surface area (Å²) in [7, 11) is 0. The number of fused-ring (bicyclic) bond motifs is 2. The molecule has 2 aromatic rings. The number of unbranched alkanes of at least 4 members (excludes halogenated alkanes) is 1. The average molecular weight is 521 g/mol. The lowest BCUT2D eigenvalue weighted by molar-refractivity contribution is -0.159. The van der Waals surface area contributed by atoms with Gasteiger partial charge in [0.15, 0.2) is 0 Å². The lowest BCUT2D eigenvalue weighted by Crippen LogP contribution is -2.56. The summed E-state index contributed by atoms with van der Waals surface area (Å²) in [6.45, 7) is 8.23. The normalized spacial score (nSPS) is 29.5. The Morgan fingerprint density at radius 3 is 2.68 bits per heavy atom. The molecule has 3 aliphatic heterocycles. The maximum atomic E-state index is 14.5. The summed E-state index contributed by atoms with van der Waals surface area (Å²) in [5.41, 5.74) is -1.28. The third-order valence-electron chi connectivity index (χ3n) is 8.48. The number of rotatable bonds is 10. The van der Waals surface area contributed by atoms with Gasteiger partial charge >= 0.3 is 5.97 Å². The van der Waals surface area contributed by atoms with Crippen LogP contribution < -0.4 is 4.90 Å². The minimum absolute atomic E-state index is 0.00504. The Morgan fingerprint density at radius 2 is 1.97 bits per heavy atom. The van der Waals surface area contributed by atoms with Gasteiger partial charge in [0.1, 0.15) is 17.6 Å². The van der Waals surface area contributed by atoms with Crippen LogP contribution in [0.2, 0.25) is 0 Å². The zero-order valence-electron chi connectivity index (χ0n) is 22.1. The van der Waals surface area contributed by atoms with Gasteiger partial charge in [-0.25, -0.2) is 0 Å². The Kier molecular flexibility index (Phi) is 7.05. The van der Waals surface area contributed by atoms with E-state index in [1.807, 2.05) is 49.4 Å². The molecule has 3 heterocycles.